The molecular weight excluding hydrogens is 254 g/mol. The van der Waals surface area contributed by atoms with Crippen LogP contribution < -0.4 is 0 Å². The summed E-state index contributed by atoms with van der Waals surface area (Å²) in [4.78, 5) is 1.88. The summed E-state index contributed by atoms with van der Waals surface area (Å²) in [6, 6.07) is 0. The number of hydrogen-bond acceptors (Lipinski definition) is 4. The SMILES string of the molecule is CCC(SC(=S)N(CC)CC)S(=O)(=O)O. The Bertz CT molecular complexity index is 298. The molecule has 0 radical (unpaired) electrons. The van der Waals surface area contributed by atoms with E-state index in [1.54, 1.807) is 6.92 Å². The maximum absolute atomic E-state index is 11.0. The molecule has 15 heavy (non-hydrogen) atoms. The van der Waals surface area contributed by atoms with Gasteiger partial charge in [-0.05, 0) is 20.3 Å². The van der Waals surface area contributed by atoms with Gasteiger partial charge < -0.3 is 4.90 Å². The second-order valence-corrected chi connectivity index (χ2v) is 6.64. The van der Waals surface area contributed by atoms with E-state index >= 15 is 0 Å². The van der Waals surface area contributed by atoms with Gasteiger partial charge in [0.15, 0.2) is 0 Å². The monoisotopic (exact) mass is 271 g/mol. The van der Waals surface area contributed by atoms with Gasteiger partial charge in [0.2, 0.25) is 0 Å². The number of hydrogen-bond donors (Lipinski definition) is 1. The molecule has 0 bridgehead atoms. The van der Waals surface area contributed by atoms with Crippen molar-refractivity contribution in [2.24, 2.45) is 0 Å². The molecule has 1 unspecified atom stereocenters. The molecule has 1 atom stereocenters. The molecule has 0 aliphatic carbocycles. The van der Waals surface area contributed by atoms with Crippen molar-refractivity contribution in [1.82, 2.24) is 4.90 Å². The Morgan fingerprint density at radius 1 is 1.40 bits per heavy atom. The fourth-order valence-electron chi connectivity index (χ4n) is 1.02. The van der Waals surface area contributed by atoms with E-state index in [1.807, 2.05) is 18.7 Å². The summed E-state index contributed by atoms with van der Waals surface area (Å²) in [5.74, 6) is 0. The third-order valence-electron chi connectivity index (χ3n) is 1.92. The van der Waals surface area contributed by atoms with E-state index in [-0.39, 0.29) is 0 Å². The van der Waals surface area contributed by atoms with Crippen molar-refractivity contribution in [1.29, 1.82) is 0 Å². The highest BCUT2D eigenvalue weighted by Gasteiger charge is 2.24. The summed E-state index contributed by atoms with van der Waals surface area (Å²) in [6.07, 6.45) is 0.338. The Kier molecular flexibility index (Phi) is 6.74. The van der Waals surface area contributed by atoms with Crippen LogP contribution in [-0.2, 0) is 10.1 Å². The molecule has 0 saturated heterocycles. The van der Waals surface area contributed by atoms with E-state index < -0.39 is 14.7 Å². The zero-order valence-corrected chi connectivity index (χ0v) is 11.6. The second-order valence-electron chi connectivity index (χ2n) is 2.91. The van der Waals surface area contributed by atoms with Gasteiger partial charge in [-0.15, -0.1) is 0 Å². The van der Waals surface area contributed by atoms with Gasteiger partial charge in [0.1, 0.15) is 8.90 Å². The highest BCUT2D eigenvalue weighted by molar-refractivity contribution is 8.28. The van der Waals surface area contributed by atoms with Crippen LogP contribution in [-0.4, -0.2) is 39.9 Å². The van der Waals surface area contributed by atoms with Gasteiger partial charge >= 0.3 is 0 Å². The molecule has 1 N–H and O–H groups in total. The number of thioether (sulfide) groups is 1. The Hall–Kier alpha value is 0.150. The van der Waals surface area contributed by atoms with Crippen LogP contribution in [0.4, 0.5) is 0 Å². The van der Waals surface area contributed by atoms with E-state index in [0.717, 1.165) is 24.9 Å². The topological polar surface area (TPSA) is 57.6 Å². The van der Waals surface area contributed by atoms with Crippen molar-refractivity contribution in [2.75, 3.05) is 13.1 Å². The van der Waals surface area contributed by atoms with Gasteiger partial charge in [-0.25, -0.2) is 0 Å². The fourth-order valence-corrected chi connectivity index (χ4v) is 3.79. The van der Waals surface area contributed by atoms with Crippen LogP contribution in [0.3, 0.4) is 0 Å². The number of thiocarbonyl (C=S) groups is 1. The van der Waals surface area contributed by atoms with Crippen LogP contribution in [0.1, 0.15) is 27.2 Å². The summed E-state index contributed by atoms with van der Waals surface area (Å²) < 4.78 is 30.5. The lowest BCUT2D eigenvalue weighted by Gasteiger charge is -2.23. The molecule has 0 heterocycles. The van der Waals surface area contributed by atoms with Crippen LogP contribution in [0.15, 0.2) is 0 Å². The lowest BCUT2D eigenvalue weighted by atomic mass is 10.6. The maximum atomic E-state index is 11.0. The molecule has 0 rings (SSSR count). The molecule has 0 saturated carbocycles. The first-order valence-electron chi connectivity index (χ1n) is 4.78. The van der Waals surface area contributed by atoms with E-state index in [4.69, 9.17) is 16.8 Å². The lowest BCUT2D eigenvalue weighted by Crippen LogP contribution is -2.29. The smallest absolute Gasteiger partial charge is 0.277 e. The van der Waals surface area contributed by atoms with Gasteiger partial charge in [-0.3, -0.25) is 4.55 Å². The molecule has 0 fully saturated rings. The summed E-state index contributed by atoms with van der Waals surface area (Å²) in [5.41, 5.74) is 0. The summed E-state index contributed by atoms with van der Waals surface area (Å²) in [5, 5.41) is 0. The van der Waals surface area contributed by atoms with Gasteiger partial charge in [0, 0.05) is 13.1 Å². The van der Waals surface area contributed by atoms with Gasteiger partial charge in [-0.2, -0.15) is 8.42 Å². The van der Waals surface area contributed by atoms with Gasteiger partial charge in [0.25, 0.3) is 10.1 Å². The molecule has 4 nitrogen and oxygen atoms in total. The lowest BCUT2D eigenvalue weighted by molar-refractivity contribution is 0.476. The van der Waals surface area contributed by atoms with Crippen LogP contribution in [0.2, 0.25) is 0 Å². The zero-order chi connectivity index (χ0) is 12.1. The quantitative estimate of drug-likeness (QED) is 0.609. The van der Waals surface area contributed by atoms with Crippen LogP contribution >= 0.6 is 24.0 Å². The molecule has 0 aromatic heterocycles. The minimum Gasteiger partial charge on any atom is -0.358 e. The molecule has 90 valence electrons. The zero-order valence-electron chi connectivity index (χ0n) is 9.13. The number of nitrogens with zero attached hydrogens (tertiary/aromatic N) is 1. The Balaban J connectivity index is 4.50. The predicted molar refractivity (Wildman–Crippen MR) is 68.7 cm³/mol. The first-order valence-corrected chi connectivity index (χ1v) is 7.57. The van der Waals surface area contributed by atoms with Gasteiger partial charge in [0.05, 0.1) is 0 Å². The molecule has 0 aromatic carbocycles. The van der Waals surface area contributed by atoms with Crippen molar-refractivity contribution >= 4 is 38.4 Å². The molecule has 7 heteroatoms. The molecule has 0 aliphatic rings. The Morgan fingerprint density at radius 3 is 2.13 bits per heavy atom. The van der Waals surface area contributed by atoms with Crippen molar-refractivity contribution < 1.29 is 13.0 Å². The van der Waals surface area contributed by atoms with Crippen LogP contribution in [0, 0.1) is 0 Å². The third kappa shape index (κ3) is 5.14. The van der Waals surface area contributed by atoms with Crippen LogP contribution in [0.5, 0.6) is 0 Å². The molecule has 0 spiro atoms. The second kappa shape index (κ2) is 6.67. The Labute approximate surface area is 101 Å². The molecule has 0 amide bonds. The molecular formula is C8H17NO3S3. The first-order chi connectivity index (χ1) is 6.86. The van der Waals surface area contributed by atoms with Crippen molar-refractivity contribution in [3.63, 3.8) is 0 Å². The van der Waals surface area contributed by atoms with Crippen LogP contribution in [0.25, 0.3) is 0 Å². The maximum Gasteiger partial charge on any atom is 0.277 e. The molecule has 0 aromatic rings. The van der Waals surface area contributed by atoms with E-state index in [0.29, 0.717) is 10.7 Å². The summed E-state index contributed by atoms with van der Waals surface area (Å²) in [6.45, 7) is 7.08. The average molecular weight is 271 g/mol. The third-order valence-corrected chi connectivity index (χ3v) is 5.54. The Morgan fingerprint density at radius 2 is 1.87 bits per heavy atom. The number of rotatable bonds is 5. The van der Waals surface area contributed by atoms with E-state index in [9.17, 15) is 8.42 Å². The minimum atomic E-state index is -4.01. The highest BCUT2D eigenvalue weighted by atomic mass is 32.3. The largest absolute Gasteiger partial charge is 0.358 e. The van der Waals surface area contributed by atoms with Crippen molar-refractivity contribution in [3.05, 3.63) is 0 Å². The van der Waals surface area contributed by atoms with E-state index in [1.165, 1.54) is 0 Å². The minimum absolute atomic E-state index is 0.338. The van der Waals surface area contributed by atoms with Crippen molar-refractivity contribution in [3.8, 4) is 0 Å². The first kappa shape index (κ1) is 15.2. The van der Waals surface area contributed by atoms with Gasteiger partial charge in [-0.1, -0.05) is 30.9 Å². The normalized spacial score (nSPS) is 13.6. The summed E-state index contributed by atoms with van der Waals surface area (Å²) in [7, 11) is -4.01. The average Bonchev–Trinajstić information content (AvgIpc) is 2.14. The summed E-state index contributed by atoms with van der Waals surface area (Å²) >= 11 is 6.13. The van der Waals surface area contributed by atoms with Crippen molar-refractivity contribution in [2.45, 2.75) is 31.8 Å². The predicted octanol–water partition coefficient (Wildman–Crippen LogP) is 1.97. The van der Waals surface area contributed by atoms with E-state index in [2.05, 4.69) is 0 Å². The standard InChI is InChI=1S/C8H17NO3S3/c1-4-7(15(10,11)12)14-8(13)9(5-2)6-3/h7H,4-6H2,1-3H3,(H,10,11,12). The highest BCUT2D eigenvalue weighted by Crippen LogP contribution is 2.23. The molecule has 0 aliphatic heterocycles. The fraction of sp³-hybridized carbons (Fsp3) is 0.875.